The van der Waals surface area contributed by atoms with Gasteiger partial charge in [0.25, 0.3) is 5.91 Å². The van der Waals surface area contributed by atoms with Crippen molar-refractivity contribution in [2.75, 3.05) is 5.32 Å². The van der Waals surface area contributed by atoms with Crippen molar-refractivity contribution in [3.63, 3.8) is 0 Å². The number of carbonyl (C=O) groups is 2. The van der Waals surface area contributed by atoms with Gasteiger partial charge in [-0.25, -0.2) is 9.97 Å². The number of amides is 2. The van der Waals surface area contributed by atoms with Crippen LogP contribution in [0.1, 0.15) is 45.8 Å². The fourth-order valence-corrected chi connectivity index (χ4v) is 3.71. The van der Waals surface area contributed by atoms with E-state index in [0.29, 0.717) is 35.6 Å². The summed E-state index contributed by atoms with van der Waals surface area (Å²) in [6.07, 6.45) is 0.590. The fraction of sp³-hybridized carbons (Fsp3) is 0.292. The molecule has 2 heterocycles. The first kappa shape index (κ1) is 25.4. The Labute approximate surface area is 209 Å². The standard InChI is InChI=1S/C24H22ClF3N6O2/c1-13-7-17(33-19-4-3-16(25)8-18(19)24(26,27)28)11-31-20(13)12-32-22(36)23(5-6-23)34-21(35)15-9-29-14(2)30-10-15/h3-4,7-11,33H,5-6,12H2,1-2H3,(H,32,36)(H,34,35). The van der Waals surface area contributed by atoms with E-state index < -0.39 is 23.2 Å². The lowest BCUT2D eigenvalue weighted by atomic mass is 10.1. The van der Waals surface area contributed by atoms with Crippen LogP contribution in [0.2, 0.25) is 5.02 Å². The SMILES string of the molecule is Cc1ncc(C(=O)NC2(C(=O)NCc3ncc(Nc4ccc(Cl)cc4C(F)(F)F)cc3C)CC2)cn1. The molecule has 1 fully saturated rings. The fourth-order valence-electron chi connectivity index (χ4n) is 3.54. The van der Waals surface area contributed by atoms with Crippen molar-refractivity contribution < 1.29 is 22.8 Å². The molecular weight excluding hydrogens is 497 g/mol. The van der Waals surface area contributed by atoms with E-state index in [-0.39, 0.29) is 28.7 Å². The summed E-state index contributed by atoms with van der Waals surface area (Å²) in [4.78, 5) is 37.5. The number of carbonyl (C=O) groups excluding carboxylic acids is 2. The van der Waals surface area contributed by atoms with Crippen molar-refractivity contribution >= 4 is 34.8 Å². The topological polar surface area (TPSA) is 109 Å². The molecule has 12 heteroatoms. The average Bonchev–Trinajstić information content (AvgIpc) is 3.60. The van der Waals surface area contributed by atoms with Crippen LogP contribution in [0.4, 0.5) is 24.5 Å². The number of halogens is 4. The molecule has 0 radical (unpaired) electrons. The Morgan fingerprint density at radius 3 is 2.36 bits per heavy atom. The van der Waals surface area contributed by atoms with Crippen LogP contribution in [0.5, 0.6) is 0 Å². The molecule has 0 bridgehead atoms. The van der Waals surface area contributed by atoms with E-state index in [1.807, 2.05) is 0 Å². The summed E-state index contributed by atoms with van der Waals surface area (Å²) >= 11 is 5.73. The second-order valence-electron chi connectivity index (χ2n) is 8.54. The molecule has 3 N–H and O–H groups in total. The van der Waals surface area contributed by atoms with E-state index in [9.17, 15) is 22.8 Å². The monoisotopic (exact) mass is 518 g/mol. The van der Waals surface area contributed by atoms with Gasteiger partial charge in [0.2, 0.25) is 5.91 Å². The van der Waals surface area contributed by atoms with Gasteiger partial charge >= 0.3 is 6.18 Å². The highest BCUT2D eigenvalue weighted by molar-refractivity contribution is 6.30. The molecule has 36 heavy (non-hydrogen) atoms. The summed E-state index contributed by atoms with van der Waals surface area (Å²) in [6, 6.07) is 5.10. The predicted molar refractivity (Wildman–Crippen MR) is 127 cm³/mol. The zero-order chi connectivity index (χ0) is 26.1. The normalized spacial score (nSPS) is 14.2. The molecule has 4 rings (SSSR count). The van der Waals surface area contributed by atoms with Crippen LogP contribution in [0, 0.1) is 13.8 Å². The molecule has 1 aliphatic rings. The molecule has 1 aliphatic carbocycles. The highest BCUT2D eigenvalue weighted by atomic mass is 35.5. The zero-order valence-corrected chi connectivity index (χ0v) is 20.1. The minimum Gasteiger partial charge on any atom is -0.354 e. The Kier molecular flexibility index (Phi) is 6.85. The van der Waals surface area contributed by atoms with E-state index in [4.69, 9.17) is 11.6 Å². The second kappa shape index (κ2) is 9.73. The summed E-state index contributed by atoms with van der Waals surface area (Å²) in [5.74, 6) is -0.250. The van der Waals surface area contributed by atoms with Crippen LogP contribution in [0.15, 0.2) is 42.9 Å². The highest BCUT2D eigenvalue weighted by Crippen LogP contribution is 2.38. The van der Waals surface area contributed by atoms with Crippen LogP contribution < -0.4 is 16.0 Å². The quantitative estimate of drug-likeness (QED) is 0.425. The molecule has 2 aromatic heterocycles. The lowest BCUT2D eigenvalue weighted by Crippen LogP contribution is -2.48. The van der Waals surface area contributed by atoms with Gasteiger partial charge in [0, 0.05) is 17.4 Å². The molecule has 0 unspecified atom stereocenters. The summed E-state index contributed by atoms with van der Waals surface area (Å²) in [5.41, 5.74) is -0.239. The van der Waals surface area contributed by atoms with Crippen molar-refractivity contribution in [2.45, 2.75) is 44.9 Å². The Balaban J connectivity index is 1.39. The number of hydrogen-bond acceptors (Lipinski definition) is 6. The average molecular weight is 519 g/mol. The predicted octanol–water partition coefficient (Wildman–Crippen LogP) is 4.48. The summed E-state index contributed by atoms with van der Waals surface area (Å²) in [7, 11) is 0. The largest absolute Gasteiger partial charge is 0.418 e. The summed E-state index contributed by atoms with van der Waals surface area (Å²) < 4.78 is 40.1. The Bertz CT molecular complexity index is 1310. The molecule has 0 spiro atoms. The third-order valence-electron chi connectivity index (χ3n) is 5.75. The van der Waals surface area contributed by atoms with Crippen LogP contribution >= 0.6 is 11.6 Å². The minimum atomic E-state index is -4.58. The number of hydrogen-bond donors (Lipinski definition) is 3. The first-order valence-electron chi connectivity index (χ1n) is 11.0. The Morgan fingerprint density at radius 1 is 1.06 bits per heavy atom. The van der Waals surface area contributed by atoms with Gasteiger partial charge in [-0.1, -0.05) is 11.6 Å². The molecule has 1 aromatic carbocycles. The number of benzene rings is 1. The molecule has 3 aromatic rings. The highest BCUT2D eigenvalue weighted by Gasteiger charge is 2.51. The molecule has 0 atom stereocenters. The third-order valence-corrected chi connectivity index (χ3v) is 5.98. The first-order valence-corrected chi connectivity index (χ1v) is 11.3. The van der Waals surface area contributed by atoms with E-state index in [1.165, 1.54) is 30.7 Å². The number of alkyl halides is 3. The number of aryl methyl sites for hydroxylation is 2. The number of aromatic nitrogens is 3. The number of nitrogens with one attached hydrogen (secondary N) is 3. The van der Waals surface area contributed by atoms with Gasteiger partial charge in [-0.05, 0) is 56.5 Å². The number of anilines is 2. The maximum atomic E-state index is 13.4. The molecule has 188 valence electrons. The van der Waals surface area contributed by atoms with Gasteiger partial charge in [-0.15, -0.1) is 0 Å². The smallest absolute Gasteiger partial charge is 0.354 e. The molecule has 8 nitrogen and oxygen atoms in total. The zero-order valence-electron chi connectivity index (χ0n) is 19.3. The molecular formula is C24H22ClF3N6O2. The molecule has 1 saturated carbocycles. The Morgan fingerprint density at radius 2 is 1.75 bits per heavy atom. The second-order valence-corrected chi connectivity index (χ2v) is 8.97. The molecule has 2 amide bonds. The van der Waals surface area contributed by atoms with E-state index in [1.54, 1.807) is 19.9 Å². The van der Waals surface area contributed by atoms with Crippen LogP contribution in [0.3, 0.4) is 0 Å². The Hall–Kier alpha value is -3.73. The summed E-state index contributed by atoms with van der Waals surface area (Å²) in [6.45, 7) is 3.52. The van der Waals surface area contributed by atoms with Crippen molar-refractivity contribution in [3.05, 3.63) is 76.1 Å². The van der Waals surface area contributed by atoms with Gasteiger partial charge in [0.05, 0.1) is 40.9 Å². The van der Waals surface area contributed by atoms with E-state index >= 15 is 0 Å². The van der Waals surface area contributed by atoms with Crippen molar-refractivity contribution in [1.82, 2.24) is 25.6 Å². The van der Waals surface area contributed by atoms with Crippen LogP contribution in [-0.2, 0) is 17.5 Å². The molecule has 0 aliphatic heterocycles. The van der Waals surface area contributed by atoms with Crippen LogP contribution in [-0.4, -0.2) is 32.3 Å². The van der Waals surface area contributed by atoms with Crippen molar-refractivity contribution in [3.8, 4) is 0 Å². The summed E-state index contributed by atoms with van der Waals surface area (Å²) in [5, 5.41) is 8.24. The lowest BCUT2D eigenvalue weighted by Gasteiger charge is -2.18. The van der Waals surface area contributed by atoms with Gasteiger partial charge < -0.3 is 16.0 Å². The number of rotatable bonds is 7. The number of nitrogens with zero attached hydrogens (tertiary/aromatic N) is 3. The van der Waals surface area contributed by atoms with E-state index in [2.05, 4.69) is 30.9 Å². The van der Waals surface area contributed by atoms with Gasteiger partial charge in [-0.2, -0.15) is 13.2 Å². The van der Waals surface area contributed by atoms with Crippen molar-refractivity contribution in [1.29, 1.82) is 0 Å². The van der Waals surface area contributed by atoms with Gasteiger partial charge in [0.1, 0.15) is 11.4 Å². The van der Waals surface area contributed by atoms with Gasteiger partial charge in [0.15, 0.2) is 0 Å². The third kappa shape index (κ3) is 5.73. The van der Waals surface area contributed by atoms with E-state index in [0.717, 1.165) is 6.07 Å². The maximum absolute atomic E-state index is 13.4. The molecule has 0 saturated heterocycles. The van der Waals surface area contributed by atoms with Crippen LogP contribution in [0.25, 0.3) is 0 Å². The minimum absolute atomic E-state index is 0.0231. The van der Waals surface area contributed by atoms with Gasteiger partial charge in [-0.3, -0.25) is 14.6 Å². The van der Waals surface area contributed by atoms with Crippen molar-refractivity contribution in [2.24, 2.45) is 0 Å². The number of pyridine rings is 1. The maximum Gasteiger partial charge on any atom is 0.418 e. The first-order chi connectivity index (χ1) is 17.0. The lowest BCUT2D eigenvalue weighted by molar-refractivity contribution is -0.137.